The lowest BCUT2D eigenvalue weighted by Gasteiger charge is -2.06. The van der Waals surface area contributed by atoms with E-state index in [4.69, 9.17) is 4.74 Å². The van der Waals surface area contributed by atoms with E-state index in [0.29, 0.717) is 6.61 Å². The molecule has 0 heterocycles. The molecule has 0 aliphatic carbocycles. The summed E-state index contributed by atoms with van der Waals surface area (Å²) in [5, 5.41) is 2.81. The molecule has 1 aromatic carbocycles. The number of nitrogens with one attached hydrogen (secondary N) is 1. The molecule has 0 spiro atoms. The number of hydrogen-bond acceptors (Lipinski definition) is 2. The maximum absolute atomic E-state index is 11.7. The molecule has 3 nitrogen and oxygen atoms in total. The van der Waals surface area contributed by atoms with Crippen LogP contribution in [0, 0.1) is 0 Å². The Kier molecular flexibility index (Phi) is 12.7. The van der Waals surface area contributed by atoms with E-state index in [2.05, 4.69) is 24.4 Å². The van der Waals surface area contributed by atoms with Crippen molar-refractivity contribution in [2.24, 2.45) is 0 Å². The van der Waals surface area contributed by atoms with Crippen molar-refractivity contribution >= 4 is 11.6 Å². The van der Waals surface area contributed by atoms with E-state index in [1.807, 2.05) is 30.3 Å². The summed E-state index contributed by atoms with van der Waals surface area (Å²) in [6, 6.07) is 9.47. The van der Waals surface area contributed by atoms with Gasteiger partial charge in [0.1, 0.15) is 6.61 Å². The Morgan fingerprint density at radius 1 is 0.958 bits per heavy atom. The SMILES string of the molecule is CCCC/C=C\CCCCCCCOCC(=O)Nc1ccccc1. The fourth-order valence-corrected chi connectivity index (χ4v) is 2.44. The molecule has 0 bridgehead atoms. The second kappa shape index (κ2) is 14.9. The molecule has 3 heteroatoms. The highest BCUT2D eigenvalue weighted by atomic mass is 16.5. The van der Waals surface area contributed by atoms with Crippen molar-refractivity contribution in [2.75, 3.05) is 18.5 Å². The summed E-state index contributed by atoms with van der Waals surface area (Å²) in [6.07, 6.45) is 15.7. The van der Waals surface area contributed by atoms with Crippen molar-refractivity contribution in [3.05, 3.63) is 42.5 Å². The molecule has 1 amide bonds. The van der Waals surface area contributed by atoms with Gasteiger partial charge in [0.05, 0.1) is 0 Å². The second-order valence-corrected chi connectivity index (χ2v) is 6.14. The van der Waals surface area contributed by atoms with Gasteiger partial charge in [0.2, 0.25) is 5.91 Å². The number of carbonyl (C=O) groups excluding carboxylic acids is 1. The van der Waals surface area contributed by atoms with Gasteiger partial charge in [0, 0.05) is 12.3 Å². The lowest BCUT2D eigenvalue weighted by atomic mass is 10.1. The Labute approximate surface area is 147 Å². The van der Waals surface area contributed by atoms with E-state index >= 15 is 0 Å². The Bertz CT molecular complexity index is 442. The Morgan fingerprint density at radius 3 is 2.38 bits per heavy atom. The normalized spacial score (nSPS) is 11.0. The van der Waals surface area contributed by atoms with E-state index in [9.17, 15) is 4.79 Å². The van der Waals surface area contributed by atoms with Crippen LogP contribution in [-0.4, -0.2) is 19.1 Å². The maximum atomic E-state index is 11.7. The first-order valence-corrected chi connectivity index (χ1v) is 9.40. The molecule has 1 aromatic rings. The van der Waals surface area contributed by atoms with Gasteiger partial charge in [-0.05, 0) is 37.8 Å². The summed E-state index contributed by atoms with van der Waals surface area (Å²) in [4.78, 5) is 11.7. The zero-order valence-corrected chi connectivity index (χ0v) is 15.1. The smallest absolute Gasteiger partial charge is 0.250 e. The Balaban J connectivity index is 1.85. The predicted molar refractivity (Wildman–Crippen MR) is 102 cm³/mol. The number of para-hydroxylation sites is 1. The third-order valence-corrected chi connectivity index (χ3v) is 3.84. The molecule has 0 atom stereocenters. The van der Waals surface area contributed by atoms with Crippen molar-refractivity contribution in [3.8, 4) is 0 Å². The molecule has 0 aromatic heterocycles. The number of unbranched alkanes of at least 4 members (excludes halogenated alkanes) is 7. The lowest BCUT2D eigenvalue weighted by molar-refractivity contribution is -0.120. The molecule has 0 radical (unpaired) electrons. The number of rotatable bonds is 14. The van der Waals surface area contributed by atoms with Crippen LogP contribution in [-0.2, 0) is 9.53 Å². The minimum absolute atomic E-state index is 0.0870. The summed E-state index contributed by atoms with van der Waals surface area (Å²) < 4.78 is 5.43. The number of amides is 1. The molecule has 1 N–H and O–H groups in total. The van der Waals surface area contributed by atoms with Gasteiger partial charge in [0.15, 0.2) is 0 Å². The lowest BCUT2D eigenvalue weighted by Crippen LogP contribution is -2.18. The molecule has 0 aliphatic heterocycles. The first-order valence-electron chi connectivity index (χ1n) is 9.40. The van der Waals surface area contributed by atoms with Crippen molar-refractivity contribution < 1.29 is 9.53 Å². The molecule has 0 unspecified atom stereocenters. The maximum Gasteiger partial charge on any atom is 0.250 e. The highest BCUT2D eigenvalue weighted by Gasteiger charge is 2.01. The Morgan fingerprint density at radius 2 is 1.62 bits per heavy atom. The van der Waals surface area contributed by atoms with Crippen LogP contribution in [0.2, 0.25) is 0 Å². The van der Waals surface area contributed by atoms with Gasteiger partial charge in [-0.1, -0.05) is 69.4 Å². The van der Waals surface area contributed by atoms with Crippen LogP contribution >= 0.6 is 0 Å². The van der Waals surface area contributed by atoms with Crippen molar-refractivity contribution in [2.45, 2.75) is 64.7 Å². The zero-order valence-electron chi connectivity index (χ0n) is 15.1. The van der Waals surface area contributed by atoms with Gasteiger partial charge in [-0.15, -0.1) is 0 Å². The number of benzene rings is 1. The average Bonchev–Trinajstić information content (AvgIpc) is 2.60. The number of hydrogen-bond donors (Lipinski definition) is 1. The average molecular weight is 331 g/mol. The van der Waals surface area contributed by atoms with Gasteiger partial charge in [0.25, 0.3) is 0 Å². The third kappa shape index (κ3) is 11.9. The van der Waals surface area contributed by atoms with Crippen molar-refractivity contribution in [1.29, 1.82) is 0 Å². The molecule has 0 saturated heterocycles. The highest BCUT2D eigenvalue weighted by molar-refractivity contribution is 5.91. The van der Waals surface area contributed by atoms with Gasteiger partial charge in [-0.2, -0.15) is 0 Å². The van der Waals surface area contributed by atoms with E-state index in [1.54, 1.807) is 0 Å². The zero-order chi connectivity index (χ0) is 17.3. The number of ether oxygens (including phenoxy) is 1. The van der Waals surface area contributed by atoms with Crippen LogP contribution in [0.1, 0.15) is 64.7 Å². The topological polar surface area (TPSA) is 38.3 Å². The van der Waals surface area contributed by atoms with Gasteiger partial charge >= 0.3 is 0 Å². The molecule has 24 heavy (non-hydrogen) atoms. The molecule has 0 fully saturated rings. The number of anilines is 1. The van der Waals surface area contributed by atoms with Gasteiger partial charge in [-0.25, -0.2) is 0 Å². The summed E-state index contributed by atoms with van der Waals surface area (Å²) in [7, 11) is 0. The van der Waals surface area contributed by atoms with E-state index in [1.165, 1.54) is 51.4 Å². The minimum Gasteiger partial charge on any atom is -0.372 e. The van der Waals surface area contributed by atoms with Gasteiger partial charge in [-0.3, -0.25) is 4.79 Å². The standard InChI is InChI=1S/C21H33NO2/c1-2-3-4-5-6-7-8-9-10-11-15-18-24-19-21(23)22-20-16-13-12-14-17-20/h5-6,12-14,16-17H,2-4,7-11,15,18-19H2,1H3,(H,22,23)/b6-5-. The van der Waals surface area contributed by atoms with Crippen molar-refractivity contribution in [1.82, 2.24) is 0 Å². The minimum atomic E-state index is -0.0870. The van der Waals surface area contributed by atoms with Gasteiger partial charge < -0.3 is 10.1 Å². The fourth-order valence-electron chi connectivity index (χ4n) is 2.44. The van der Waals surface area contributed by atoms with Crippen LogP contribution in [0.4, 0.5) is 5.69 Å². The molecular formula is C21H33NO2. The van der Waals surface area contributed by atoms with Crippen LogP contribution < -0.4 is 5.32 Å². The number of carbonyl (C=O) groups is 1. The fraction of sp³-hybridized carbons (Fsp3) is 0.571. The summed E-state index contributed by atoms with van der Waals surface area (Å²) in [6.45, 7) is 3.03. The van der Waals surface area contributed by atoms with Crippen LogP contribution in [0.3, 0.4) is 0 Å². The first-order chi connectivity index (χ1) is 11.8. The monoisotopic (exact) mass is 331 g/mol. The number of allylic oxidation sites excluding steroid dienone is 2. The van der Waals surface area contributed by atoms with Crippen LogP contribution in [0.5, 0.6) is 0 Å². The quantitative estimate of drug-likeness (QED) is 0.349. The van der Waals surface area contributed by atoms with Crippen LogP contribution in [0.15, 0.2) is 42.5 Å². The highest BCUT2D eigenvalue weighted by Crippen LogP contribution is 2.07. The Hall–Kier alpha value is -1.61. The van der Waals surface area contributed by atoms with E-state index in [-0.39, 0.29) is 12.5 Å². The second-order valence-electron chi connectivity index (χ2n) is 6.14. The predicted octanol–water partition coefficient (Wildman–Crippen LogP) is 5.73. The summed E-state index contributed by atoms with van der Waals surface area (Å²) >= 11 is 0. The third-order valence-electron chi connectivity index (χ3n) is 3.84. The molecule has 1 rings (SSSR count). The van der Waals surface area contributed by atoms with E-state index in [0.717, 1.165) is 12.1 Å². The summed E-state index contributed by atoms with van der Waals surface area (Å²) in [5.41, 5.74) is 0.815. The van der Waals surface area contributed by atoms with Crippen molar-refractivity contribution in [3.63, 3.8) is 0 Å². The molecule has 134 valence electrons. The molecule has 0 aliphatic rings. The summed E-state index contributed by atoms with van der Waals surface area (Å²) in [5.74, 6) is -0.0870. The molecule has 0 saturated carbocycles. The first kappa shape index (κ1) is 20.4. The largest absolute Gasteiger partial charge is 0.372 e. The molecular weight excluding hydrogens is 298 g/mol. The van der Waals surface area contributed by atoms with E-state index < -0.39 is 0 Å². The van der Waals surface area contributed by atoms with Crippen LogP contribution in [0.25, 0.3) is 0 Å².